The monoisotopic (exact) mass is 482 g/mol. The molecular weight excluding hydrogens is 460 g/mol. The van der Waals surface area contributed by atoms with Gasteiger partial charge in [-0.15, -0.1) is 0 Å². The molecule has 5 rings (SSSR count). The van der Waals surface area contributed by atoms with Gasteiger partial charge in [0, 0.05) is 18.7 Å². The van der Waals surface area contributed by atoms with Gasteiger partial charge in [-0.05, 0) is 50.1 Å². The number of nitrogens with one attached hydrogen (secondary N) is 1. The third kappa shape index (κ3) is 4.41. The number of sulfonamides is 1. The summed E-state index contributed by atoms with van der Waals surface area (Å²) in [5.41, 5.74) is 2.05. The van der Waals surface area contributed by atoms with Gasteiger partial charge in [-0.2, -0.15) is 4.31 Å². The predicted octanol–water partition coefficient (Wildman–Crippen LogP) is 4.23. The zero-order valence-electron chi connectivity index (χ0n) is 17.9. The summed E-state index contributed by atoms with van der Waals surface area (Å²) in [5, 5.41) is 3.21. The number of fused-ring (bicyclic) bond motifs is 1. The van der Waals surface area contributed by atoms with Crippen molar-refractivity contribution < 1.29 is 17.6 Å². The molecule has 170 valence electrons. The Balaban J connectivity index is 1.31. The second-order valence-corrected chi connectivity index (χ2v) is 10.8. The SMILES string of the molecule is Cc1oc(-c2ccccc2)nc1CC(=O)Nc1nc2ccc(S(=O)(=O)N3CCCC3)cc2s1. The van der Waals surface area contributed by atoms with Crippen LogP contribution < -0.4 is 5.32 Å². The number of thiazole rings is 1. The van der Waals surface area contributed by atoms with Crippen molar-refractivity contribution in [2.24, 2.45) is 0 Å². The smallest absolute Gasteiger partial charge is 0.243 e. The predicted molar refractivity (Wildman–Crippen MR) is 127 cm³/mol. The standard InChI is InChI=1S/C23H22N4O4S2/c1-15-19(24-22(31-15)16-7-3-2-4-8-16)14-21(28)26-23-25-18-10-9-17(13-20(18)32-23)33(29,30)27-11-5-6-12-27/h2-4,7-10,13H,5-6,11-12,14H2,1H3,(H,25,26,28). The molecule has 1 amide bonds. The number of amides is 1. The van der Waals surface area contributed by atoms with Gasteiger partial charge >= 0.3 is 0 Å². The van der Waals surface area contributed by atoms with Crippen molar-refractivity contribution in [1.82, 2.24) is 14.3 Å². The van der Waals surface area contributed by atoms with Crippen molar-refractivity contribution in [2.75, 3.05) is 18.4 Å². The fourth-order valence-corrected chi connectivity index (χ4v) is 6.35. The summed E-state index contributed by atoms with van der Waals surface area (Å²) < 4.78 is 33.6. The van der Waals surface area contributed by atoms with Crippen LogP contribution in [0.2, 0.25) is 0 Å². The molecule has 1 saturated heterocycles. The highest BCUT2D eigenvalue weighted by atomic mass is 32.2. The maximum atomic E-state index is 12.8. The van der Waals surface area contributed by atoms with Crippen molar-refractivity contribution in [3.63, 3.8) is 0 Å². The Morgan fingerprint density at radius 2 is 1.88 bits per heavy atom. The third-order valence-corrected chi connectivity index (χ3v) is 8.38. The van der Waals surface area contributed by atoms with E-state index in [1.807, 2.05) is 30.3 Å². The highest BCUT2D eigenvalue weighted by molar-refractivity contribution is 7.89. The number of anilines is 1. The summed E-state index contributed by atoms with van der Waals surface area (Å²) in [7, 11) is -3.50. The summed E-state index contributed by atoms with van der Waals surface area (Å²) in [4.78, 5) is 21.8. The molecule has 0 aliphatic carbocycles. The van der Waals surface area contributed by atoms with Crippen LogP contribution in [0, 0.1) is 6.92 Å². The Labute approximate surface area is 195 Å². The van der Waals surface area contributed by atoms with E-state index < -0.39 is 10.0 Å². The van der Waals surface area contributed by atoms with Gasteiger partial charge in [-0.25, -0.2) is 18.4 Å². The Morgan fingerprint density at radius 1 is 1.12 bits per heavy atom. The summed E-state index contributed by atoms with van der Waals surface area (Å²) in [6.45, 7) is 2.89. The van der Waals surface area contributed by atoms with Crippen LogP contribution in [0.15, 0.2) is 57.8 Å². The summed E-state index contributed by atoms with van der Waals surface area (Å²) >= 11 is 1.25. The normalized spacial score (nSPS) is 14.7. The van der Waals surface area contributed by atoms with Crippen LogP contribution in [0.3, 0.4) is 0 Å². The molecule has 10 heteroatoms. The van der Waals surface area contributed by atoms with Gasteiger partial charge in [-0.3, -0.25) is 4.79 Å². The minimum atomic E-state index is -3.50. The van der Waals surface area contributed by atoms with E-state index in [0.29, 0.717) is 45.8 Å². The van der Waals surface area contributed by atoms with Crippen LogP contribution in [0.4, 0.5) is 5.13 Å². The van der Waals surface area contributed by atoms with Crippen LogP contribution in [0.1, 0.15) is 24.3 Å². The van der Waals surface area contributed by atoms with E-state index in [1.165, 1.54) is 15.6 Å². The average molecular weight is 483 g/mol. The molecule has 0 unspecified atom stereocenters. The van der Waals surface area contributed by atoms with Crippen molar-refractivity contribution in [1.29, 1.82) is 0 Å². The maximum Gasteiger partial charge on any atom is 0.243 e. The molecule has 0 atom stereocenters. The van der Waals surface area contributed by atoms with E-state index >= 15 is 0 Å². The molecule has 1 fully saturated rings. The number of aromatic nitrogens is 2. The molecule has 2 aromatic heterocycles. The van der Waals surface area contributed by atoms with E-state index in [9.17, 15) is 13.2 Å². The molecule has 0 saturated carbocycles. The Bertz CT molecular complexity index is 1420. The Hall–Kier alpha value is -3.08. The summed E-state index contributed by atoms with van der Waals surface area (Å²) in [6, 6.07) is 14.4. The molecule has 1 aliphatic rings. The lowest BCUT2D eigenvalue weighted by atomic mass is 10.2. The fourth-order valence-electron chi connectivity index (χ4n) is 3.81. The van der Waals surface area contributed by atoms with Crippen molar-refractivity contribution in [3.05, 3.63) is 60.0 Å². The molecule has 4 aromatic rings. The lowest BCUT2D eigenvalue weighted by molar-refractivity contribution is -0.115. The van der Waals surface area contributed by atoms with Gasteiger partial charge in [0.2, 0.25) is 21.8 Å². The number of oxazole rings is 1. The number of benzene rings is 2. The topological polar surface area (TPSA) is 105 Å². The number of aryl methyl sites for hydroxylation is 1. The lowest BCUT2D eigenvalue weighted by Gasteiger charge is -2.15. The quantitative estimate of drug-likeness (QED) is 0.441. The first-order chi connectivity index (χ1) is 15.9. The molecule has 0 radical (unpaired) electrons. The molecule has 3 heterocycles. The first-order valence-electron chi connectivity index (χ1n) is 10.6. The maximum absolute atomic E-state index is 12.8. The van der Waals surface area contributed by atoms with Crippen LogP contribution >= 0.6 is 11.3 Å². The molecule has 33 heavy (non-hydrogen) atoms. The van der Waals surface area contributed by atoms with Gasteiger partial charge in [0.15, 0.2) is 5.13 Å². The summed E-state index contributed by atoms with van der Waals surface area (Å²) in [6.07, 6.45) is 1.82. The number of carbonyl (C=O) groups is 1. The van der Waals surface area contributed by atoms with Gasteiger partial charge in [0.1, 0.15) is 5.76 Å². The summed E-state index contributed by atoms with van der Waals surface area (Å²) in [5.74, 6) is 0.794. The van der Waals surface area contributed by atoms with Gasteiger partial charge in [0.25, 0.3) is 0 Å². The molecule has 1 aliphatic heterocycles. The van der Waals surface area contributed by atoms with Crippen LogP contribution in [-0.2, 0) is 21.2 Å². The zero-order valence-corrected chi connectivity index (χ0v) is 19.6. The lowest BCUT2D eigenvalue weighted by Crippen LogP contribution is -2.27. The van der Waals surface area contributed by atoms with E-state index in [-0.39, 0.29) is 17.2 Å². The second-order valence-electron chi connectivity index (χ2n) is 7.87. The minimum absolute atomic E-state index is 0.0483. The van der Waals surface area contributed by atoms with Crippen molar-refractivity contribution in [2.45, 2.75) is 31.1 Å². The minimum Gasteiger partial charge on any atom is -0.441 e. The van der Waals surface area contributed by atoms with E-state index in [0.717, 1.165) is 18.4 Å². The number of rotatable bonds is 6. The van der Waals surface area contributed by atoms with Crippen LogP contribution in [0.5, 0.6) is 0 Å². The number of nitrogens with zero attached hydrogens (tertiary/aromatic N) is 3. The highest BCUT2D eigenvalue weighted by Gasteiger charge is 2.27. The fraction of sp³-hybridized carbons (Fsp3) is 0.261. The van der Waals surface area contributed by atoms with Crippen LogP contribution in [0.25, 0.3) is 21.7 Å². The first-order valence-corrected chi connectivity index (χ1v) is 12.9. The third-order valence-electron chi connectivity index (χ3n) is 5.55. The highest BCUT2D eigenvalue weighted by Crippen LogP contribution is 2.30. The molecule has 1 N–H and O–H groups in total. The van der Waals surface area contributed by atoms with Crippen LogP contribution in [-0.4, -0.2) is 41.7 Å². The largest absolute Gasteiger partial charge is 0.441 e. The Kier molecular flexibility index (Phi) is 5.73. The number of hydrogen-bond acceptors (Lipinski definition) is 7. The Morgan fingerprint density at radius 3 is 2.64 bits per heavy atom. The van der Waals surface area contributed by atoms with Gasteiger partial charge < -0.3 is 9.73 Å². The van der Waals surface area contributed by atoms with E-state index in [4.69, 9.17) is 4.42 Å². The zero-order chi connectivity index (χ0) is 23.0. The van der Waals surface area contributed by atoms with Crippen molar-refractivity contribution >= 4 is 42.6 Å². The van der Waals surface area contributed by atoms with Crippen molar-refractivity contribution in [3.8, 4) is 11.5 Å². The second kappa shape index (κ2) is 8.69. The number of carbonyl (C=O) groups excluding carboxylic acids is 1. The molecule has 2 aromatic carbocycles. The first kappa shape index (κ1) is 21.7. The van der Waals surface area contributed by atoms with E-state index in [2.05, 4.69) is 15.3 Å². The molecule has 0 bridgehead atoms. The van der Waals surface area contributed by atoms with Gasteiger partial charge in [0.05, 0.1) is 27.2 Å². The molecule has 0 spiro atoms. The average Bonchev–Trinajstić information content (AvgIpc) is 3.54. The molecular formula is C23H22N4O4S2. The van der Waals surface area contributed by atoms with E-state index in [1.54, 1.807) is 25.1 Å². The van der Waals surface area contributed by atoms with Gasteiger partial charge in [-0.1, -0.05) is 29.5 Å². The number of hydrogen-bond donors (Lipinski definition) is 1. The molecule has 8 nitrogen and oxygen atoms in total.